The third-order valence-electron chi connectivity index (χ3n) is 3.21. The zero-order valence-electron chi connectivity index (χ0n) is 12.7. The maximum atomic E-state index is 12.1. The minimum Gasteiger partial charge on any atom is -0.467 e. The molecular formula is C16H18O6. The molecule has 1 aliphatic heterocycles. The number of carbonyl (C=O) groups is 2. The summed E-state index contributed by atoms with van der Waals surface area (Å²) in [5.74, 6) is -2.43. The Bertz CT molecular complexity index is 604. The van der Waals surface area contributed by atoms with Gasteiger partial charge in [-0.2, -0.15) is 0 Å². The summed E-state index contributed by atoms with van der Waals surface area (Å²) in [4.78, 5) is 23.7. The first kappa shape index (κ1) is 16.0. The van der Waals surface area contributed by atoms with Gasteiger partial charge in [-0.05, 0) is 5.56 Å². The first-order chi connectivity index (χ1) is 10.3. The predicted molar refractivity (Wildman–Crippen MR) is 76.3 cm³/mol. The highest BCUT2D eigenvalue weighted by molar-refractivity contribution is 5.85. The van der Waals surface area contributed by atoms with Gasteiger partial charge < -0.3 is 19.3 Å². The van der Waals surface area contributed by atoms with Crippen molar-refractivity contribution in [1.29, 1.82) is 0 Å². The average Bonchev–Trinajstić information content (AvgIpc) is 2.44. The van der Waals surface area contributed by atoms with E-state index in [0.717, 1.165) is 6.08 Å². The quantitative estimate of drug-likeness (QED) is 0.851. The molecule has 0 radical (unpaired) electrons. The van der Waals surface area contributed by atoms with Gasteiger partial charge in [0.05, 0.1) is 13.2 Å². The fraction of sp³-hybridized carbons (Fsp3) is 0.375. The Hall–Kier alpha value is -2.34. The van der Waals surface area contributed by atoms with Crippen LogP contribution in [-0.4, -0.2) is 29.9 Å². The molecule has 22 heavy (non-hydrogen) atoms. The molecule has 1 atom stereocenters. The van der Waals surface area contributed by atoms with Crippen molar-refractivity contribution in [3.63, 3.8) is 0 Å². The van der Waals surface area contributed by atoms with E-state index in [1.165, 1.54) is 7.11 Å². The van der Waals surface area contributed by atoms with Crippen LogP contribution in [-0.2, 0) is 29.4 Å². The van der Waals surface area contributed by atoms with Gasteiger partial charge in [0.2, 0.25) is 5.79 Å². The number of methoxy groups -OCH3 is 1. The fourth-order valence-electron chi connectivity index (χ4n) is 2.28. The second-order valence-electron chi connectivity index (χ2n) is 5.43. The minimum atomic E-state index is -1.95. The number of hydrogen-bond acceptors (Lipinski definition) is 6. The van der Waals surface area contributed by atoms with E-state index in [4.69, 9.17) is 14.2 Å². The van der Waals surface area contributed by atoms with Crippen LogP contribution >= 0.6 is 0 Å². The van der Waals surface area contributed by atoms with Gasteiger partial charge in [-0.25, -0.2) is 9.59 Å². The van der Waals surface area contributed by atoms with Crippen LogP contribution in [0.3, 0.4) is 0 Å². The number of ether oxygens (including phenoxy) is 3. The highest BCUT2D eigenvalue weighted by Crippen LogP contribution is 2.34. The Morgan fingerprint density at radius 3 is 2.45 bits per heavy atom. The molecule has 0 aromatic heterocycles. The van der Waals surface area contributed by atoms with E-state index in [1.807, 2.05) is 0 Å². The number of hydrogen-bond donors (Lipinski definition) is 1. The van der Waals surface area contributed by atoms with Gasteiger partial charge in [-0.1, -0.05) is 30.3 Å². The lowest BCUT2D eigenvalue weighted by molar-refractivity contribution is -0.209. The van der Waals surface area contributed by atoms with Crippen molar-refractivity contribution in [3.05, 3.63) is 47.7 Å². The highest BCUT2D eigenvalue weighted by Gasteiger charge is 2.43. The van der Waals surface area contributed by atoms with E-state index in [0.29, 0.717) is 5.56 Å². The van der Waals surface area contributed by atoms with E-state index >= 15 is 0 Å². The lowest BCUT2D eigenvalue weighted by atomic mass is 9.89. The number of esters is 2. The predicted octanol–water partition coefficient (Wildman–Crippen LogP) is 1.63. The molecule has 0 amide bonds. The number of rotatable bonds is 4. The molecule has 0 unspecified atom stereocenters. The van der Waals surface area contributed by atoms with Crippen LogP contribution in [0.25, 0.3) is 0 Å². The van der Waals surface area contributed by atoms with Crippen molar-refractivity contribution >= 4 is 11.9 Å². The van der Waals surface area contributed by atoms with Crippen LogP contribution in [0, 0.1) is 0 Å². The summed E-state index contributed by atoms with van der Waals surface area (Å²) in [5.41, 5.74) is -1.60. The van der Waals surface area contributed by atoms with Gasteiger partial charge in [0.25, 0.3) is 0 Å². The first-order valence-electron chi connectivity index (χ1n) is 6.76. The van der Waals surface area contributed by atoms with E-state index in [9.17, 15) is 14.7 Å². The molecule has 0 bridgehead atoms. The van der Waals surface area contributed by atoms with Crippen LogP contribution in [0.2, 0.25) is 0 Å². The monoisotopic (exact) mass is 306 g/mol. The lowest BCUT2D eigenvalue weighted by Gasteiger charge is -2.33. The molecule has 0 aliphatic carbocycles. The fourth-order valence-corrected chi connectivity index (χ4v) is 2.28. The zero-order chi connectivity index (χ0) is 16.4. The standard InChI is InChI=1S/C16H18O6/c1-15(2)21-12(9-13(17)22-15)10-16(19,14(18)20-3)11-7-5-4-6-8-11/h4-9,19H,10H2,1-3H3/t16-/m0/s1. The van der Waals surface area contributed by atoms with E-state index in [1.54, 1.807) is 44.2 Å². The molecule has 1 aliphatic rings. The van der Waals surface area contributed by atoms with Gasteiger partial charge in [0.1, 0.15) is 5.76 Å². The number of carbonyl (C=O) groups excluding carboxylic acids is 2. The largest absolute Gasteiger partial charge is 0.467 e. The lowest BCUT2D eigenvalue weighted by Crippen LogP contribution is -2.41. The maximum Gasteiger partial charge on any atom is 0.343 e. The van der Waals surface area contributed by atoms with Crippen molar-refractivity contribution in [2.45, 2.75) is 31.7 Å². The Balaban J connectivity index is 2.36. The molecule has 0 saturated heterocycles. The molecule has 1 aromatic rings. The van der Waals surface area contributed by atoms with Crippen molar-refractivity contribution in [2.75, 3.05) is 7.11 Å². The highest BCUT2D eigenvalue weighted by atomic mass is 16.7. The molecule has 6 nitrogen and oxygen atoms in total. The van der Waals surface area contributed by atoms with Gasteiger partial charge >= 0.3 is 11.9 Å². The molecule has 0 spiro atoms. The first-order valence-corrected chi connectivity index (χ1v) is 6.76. The second-order valence-corrected chi connectivity index (χ2v) is 5.43. The molecule has 1 N–H and O–H groups in total. The maximum absolute atomic E-state index is 12.1. The molecule has 0 fully saturated rings. The molecular weight excluding hydrogens is 288 g/mol. The Labute approximate surface area is 128 Å². The van der Waals surface area contributed by atoms with Crippen molar-refractivity contribution in [1.82, 2.24) is 0 Å². The molecule has 118 valence electrons. The average molecular weight is 306 g/mol. The van der Waals surface area contributed by atoms with Gasteiger partial charge in [0, 0.05) is 20.3 Å². The Morgan fingerprint density at radius 2 is 1.91 bits per heavy atom. The summed E-state index contributed by atoms with van der Waals surface area (Å²) in [5, 5.41) is 10.8. The summed E-state index contributed by atoms with van der Waals surface area (Å²) < 4.78 is 15.2. The molecule has 2 rings (SSSR count). The van der Waals surface area contributed by atoms with E-state index in [2.05, 4.69) is 0 Å². The summed E-state index contributed by atoms with van der Waals surface area (Å²) in [6.45, 7) is 3.13. The van der Waals surface area contributed by atoms with Crippen LogP contribution in [0.1, 0.15) is 25.8 Å². The van der Waals surface area contributed by atoms with Gasteiger partial charge in [-0.3, -0.25) is 0 Å². The SMILES string of the molecule is COC(=O)[C@](O)(CC1=CC(=O)OC(C)(C)O1)c1ccccc1. The third-order valence-corrected chi connectivity index (χ3v) is 3.21. The third kappa shape index (κ3) is 3.28. The summed E-state index contributed by atoms with van der Waals surface area (Å²) in [6.07, 6.45) is 0.879. The van der Waals surface area contributed by atoms with Gasteiger partial charge in [0.15, 0.2) is 5.60 Å². The zero-order valence-corrected chi connectivity index (χ0v) is 12.7. The summed E-state index contributed by atoms with van der Waals surface area (Å²) in [6, 6.07) is 8.35. The molecule has 6 heteroatoms. The minimum absolute atomic E-state index is 0.151. The smallest absolute Gasteiger partial charge is 0.343 e. The van der Waals surface area contributed by atoms with E-state index in [-0.39, 0.29) is 12.2 Å². The summed E-state index contributed by atoms with van der Waals surface area (Å²) >= 11 is 0. The second kappa shape index (κ2) is 5.81. The van der Waals surface area contributed by atoms with Crippen LogP contribution in [0.15, 0.2) is 42.2 Å². The van der Waals surface area contributed by atoms with Crippen LogP contribution in [0.5, 0.6) is 0 Å². The van der Waals surface area contributed by atoms with Gasteiger partial charge in [-0.15, -0.1) is 0 Å². The molecule has 1 aromatic carbocycles. The van der Waals surface area contributed by atoms with E-state index < -0.39 is 23.3 Å². The van der Waals surface area contributed by atoms with Crippen molar-refractivity contribution in [2.24, 2.45) is 0 Å². The Morgan fingerprint density at radius 1 is 1.27 bits per heavy atom. The molecule has 0 saturated carbocycles. The topological polar surface area (TPSA) is 82.1 Å². The number of benzene rings is 1. The van der Waals surface area contributed by atoms with Crippen molar-refractivity contribution in [3.8, 4) is 0 Å². The molecule has 1 heterocycles. The van der Waals surface area contributed by atoms with Crippen LogP contribution < -0.4 is 0 Å². The Kier molecular flexibility index (Phi) is 4.23. The number of cyclic esters (lactones) is 1. The van der Waals surface area contributed by atoms with Crippen LogP contribution in [0.4, 0.5) is 0 Å². The summed E-state index contributed by atoms with van der Waals surface area (Å²) in [7, 11) is 1.19. The normalized spacial score (nSPS) is 19.3. The number of aliphatic hydroxyl groups is 1. The van der Waals surface area contributed by atoms with Crippen molar-refractivity contribution < 1.29 is 28.9 Å².